The topological polar surface area (TPSA) is 38.9 Å². The van der Waals surface area contributed by atoms with Crippen LogP contribution in [0.2, 0.25) is 19.6 Å². The molecule has 0 amide bonds. The number of fused-ring (bicyclic) bond motifs is 3. The standard InChI is InChI=1S/C33H26NO.C30H32NSi.Ir/c1-33(2,3)26-16-17-34-29(21-26)24-14-15-27-30(19-24)35-31-20-25(22-10-6-4-7-11-22)18-28(32(27)31)23-12-8-5-9-13-23;1-22(2)18-26-20-29(31-21-30(26)32(3,4)5)25-16-17-27(23-12-8-6-9-13-23)28(19-25)24-14-10-7-11-15-24;/h4-18,20-21H,1-3H3;6-15,17,19-22H,18H2,1-5H3;/q2*-1;. The number of hydrogen-bond acceptors (Lipinski definition) is 3. The molecular formula is C63H58IrN2OSi-2. The summed E-state index contributed by atoms with van der Waals surface area (Å²) in [6, 6.07) is 68.8. The molecular weight excluding hydrogens is 1020 g/mol. The first-order valence-electron chi connectivity index (χ1n) is 23.5. The van der Waals surface area contributed by atoms with E-state index in [1.807, 2.05) is 18.3 Å². The Hall–Kier alpha value is -6.49. The maximum atomic E-state index is 6.45. The summed E-state index contributed by atoms with van der Waals surface area (Å²) in [6.07, 6.45) is 5.11. The number of furan rings is 1. The van der Waals surface area contributed by atoms with Gasteiger partial charge in [0.25, 0.3) is 0 Å². The minimum Gasteiger partial charge on any atom is -0.476 e. The predicted molar refractivity (Wildman–Crippen MR) is 286 cm³/mol. The van der Waals surface area contributed by atoms with Gasteiger partial charge in [-0.1, -0.05) is 221 Å². The summed E-state index contributed by atoms with van der Waals surface area (Å²) in [5.41, 5.74) is 17.7. The van der Waals surface area contributed by atoms with E-state index in [-0.39, 0.29) is 25.5 Å². The number of rotatable bonds is 9. The van der Waals surface area contributed by atoms with E-state index in [4.69, 9.17) is 9.40 Å². The van der Waals surface area contributed by atoms with Crippen LogP contribution in [0.5, 0.6) is 0 Å². The Morgan fingerprint density at radius 2 is 1.15 bits per heavy atom. The van der Waals surface area contributed by atoms with Crippen LogP contribution in [0.3, 0.4) is 0 Å². The summed E-state index contributed by atoms with van der Waals surface area (Å²) in [5.74, 6) is 0.615. The van der Waals surface area contributed by atoms with E-state index >= 15 is 0 Å². The van der Waals surface area contributed by atoms with Crippen LogP contribution < -0.4 is 5.19 Å². The zero-order valence-corrected chi connectivity index (χ0v) is 43.7. The first-order chi connectivity index (χ1) is 32.3. The fraction of sp³-hybridized carbons (Fsp3) is 0.175. The molecule has 3 aromatic heterocycles. The van der Waals surface area contributed by atoms with Crippen molar-refractivity contribution in [1.82, 2.24) is 9.97 Å². The molecule has 68 heavy (non-hydrogen) atoms. The summed E-state index contributed by atoms with van der Waals surface area (Å²) < 4.78 is 6.45. The Labute approximate surface area is 417 Å². The van der Waals surface area contributed by atoms with E-state index in [0.717, 1.165) is 62.0 Å². The van der Waals surface area contributed by atoms with Crippen molar-refractivity contribution in [1.29, 1.82) is 0 Å². The molecule has 3 heterocycles. The molecule has 0 spiro atoms. The monoisotopic (exact) mass is 1080 g/mol. The van der Waals surface area contributed by atoms with Gasteiger partial charge >= 0.3 is 0 Å². The van der Waals surface area contributed by atoms with Gasteiger partial charge in [-0.2, -0.15) is 0 Å². The second kappa shape index (κ2) is 20.4. The van der Waals surface area contributed by atoms with Gasteiger partial charge in [0.05, 0.1) is 13.7 Å². The molecule has 341 valence electrons. The summed E-state index contributed by atoms with van der Waals surface area (Å²) in [5, 5.41) is 3.65. The number of hydrogen-bond donors (Lipinski definition) is 0. The second-order valence-corrected chi connectivity index (χ2v) is 25.0. The largest absolute Gasteiger partial charge is 0.476 e. The predicted octanol–water partition coefficient (Wildman–Crippen LogP) is 16.7. The fourth-order valence-corrected chi connectivity index (χ4v) is 10.5. The molecule has 10 rings (SSSR count). The van der Waals surface area contributed by atoms with E-state index in [1.54, 1.807) is 0 Å². The van der Waals surface area contributed by atoms with Crippen molar-refractivity contribution < 1.29 is 24.5 Å². The fourth-order valence-electron chi connectivity index (χ4n) is 8.95. The van der Waals surface area contributed by atoms with Crippen molar-refractivity contribution in [2.24, 2.45) is 5.92 Å². The normalized spacial score (nSPS) is 11.6. The molecule has 0 fully saturated rings. The van der Waals surface area contributed by atoms with Gasteiger partial charge in [-0.25, -0.2) is 0 Å². The number of aromatic nitrogens is 2. The molecule has 0 bridgehead atoms. The van der Waals surface area contributed by atoms with Crippen LogP contribution in [-0.2, 0) is 31.9 Å². The molecule has 0 aliphatic carbocycles. The van der Waals surface area contributed by atoms with E-state index in [0.29, 0.717) is 5.92 Å². The molecule has 0 saturated carbocycles. The third kappa shape index (κ3) is 10.6. The first kappa shape index (κ1) is 48.0. The SMILES string of the molecule is CC(C)(C)c1ccnc(-c2[c-]c3oc4cc(-c5ccccc5)cc(-c5ccccc5)c4c3cc2)c1.CC(C)Cc1cc(-c2[c-]cc(-c3ccccc3)c(-c3ccccc3)c2)ncc1[Si](C)(C)C.[Ir]. The van der Waals surface area contributed by atoms with Gasteiger partial charge < -0.3 is 14.4 Å². The molecule has 3 nitrogen and oxygen atoms in total. The summed E-state index contributed by atoms with van der Waals surface area (Å²) >= 11 is 0. The van der Waals surface area contributed by atoms with Crippen LogP contribution in [0.4, 0.5) is 0 Å². The maximum absolute atomic E-state index is 6.45. The summed E-state index contributed by atoms with van der Waals surface area (Å²) in [6.45, 7) is 18.4. The Bertz CT molecular complexity index is 3300. The van der Waals surface area contributed by atoms with Crippen molar-refractivity contribution >= 4 is 35.2 Å². The van der Waals surface area contributed by atoms with Crippen molar-refractivity contribution in [2.45, 2.75) is 66.1 Å². The molecule has 7 aromatic carbocycles. The van der Waals surface area contributed by atoms with Crippen LogP contribution in [0.15, 0.2) is 193 Å². The minimum atomic E-state index is -1.46. The van der Waals surface area contributed by atoms with E-state index in [9.17, 15) is 0 Å². The van der Waals surface area contributed by atoms with Gasteiger partial charge in [0.2, 0.25) is 0 Å². The van der Waals surface area contributed by atoms with E-state index < -0.39 is 8.07 Å². The van der Waals surface area contributed by atoms with Gasteiger partial charge in [0.1, 0.15) is 5.58 Å². The summed E-state index contributed by atoms with van der Waals surface area (Å²) in [4.78, 5) is 9.55. The Kier molecular flexibility index (Phi) is 14.4. The zero-order valence-electron chi connectivity index (χ0n) is 40.3. The van der Waals surface area contributed by atoms with Crippen molar-refractivity contribution in [3.05, 3.63) is 212 Å². The van der Waals surface area contributed by atoms with Gasteiger partial charge in [-0.05, 0) is 91.3 Å². The number of pyridine rings is 2. The molecule has 0 aliphatic rings. The van der Waals surface area contributed by atoms with Crippen LogP contribution in [0.1, 0.15) is 45.7 Å². The van der Waals surface area contributed by atoms with E-state index in [1.165, 1.54) is 49.7 Å². The van der Waals surface area contributed by atoms with Crippen molar-refractivity contribution in [3.63, 3.8) is 0 Å². The smallest absolute Gasteiger partial charge is 0.124 e. The Morgan fingerprint density at radius 3 is 1.74 bits per heavy atom. The van der Waals surface area contributed by atoms with Crippen LogP contribution in [0.25, 0.3) is 89.0 Å². The maximum Gasteiger partial charge on any atom is 0.124 e. The Balaban J connectivity index is 0.000000182. The van der Waals surface area contributed by atoms with Crippen molar-refractivity contribution in [2.75, 3.05) is 0 Å². The van der Waals surface area contributed by atoms with E-state index in [2.05, 4.69) is 241 Å². The van der Waals surface area contributed by atoms with Crippen LogP contribution >= 0.6 is 0 Å². The van der Waals surface area contributed by atoms with Crippen LogP contribution in [-0.4, -0.2) is 18.0 Å². The quantitative estimate of drug-likeness (QED) is 0.107. The average molecular weight is 1080 g/mol. The molecule has 0 N–H and O–H groups in total. The molecule has 5 heteroatoms. The summed E-state index contributed by atoms with van der Waals surface area (Å²) in [7, 11) is -1.46. The third-order valence-corrected chi connectivity index (χ3v) is 14.5. The Morgan fingerprint density at radius 1 is 0.574 bits per heavy atom. The molecule has 0 unspecified atom stereocenters. The van der Waals surface area contributed by atoms with Gasteiger partial charge in [0, 0.05) is 32.5 Å². The van der Waals surface area contributed by atoms with Crippen molar-refractivity contribution in [3.8, 4) is 67.0 Å². The van der Waals surface area contributed by atoms with Gasteiger partial charge in [-0.3, -0.25) is 0 Å². The molecule has 10 aromatic rings. The van der Waals surface area contributed by atoms with Crippen LogP contribution in [0, 0.1) is 18.1 Å². The number of benzene rings is 7. The van der Waals surface area contributed by atoms with Gasteiger partial charge in [-0.15, -0.1) is 41.5 Å². The second-order valence-electron chi connectivity index (χ2n) is 20.0. The number of nitrogens with zero attached hydrogens (tertiary/aromatic N) is 2. The molecule has 1 radical (unpaired) electrons. The minimum absolute atomic E-state index is 0. The third-order valence-electron chi connectivity index (χ3n) is 12.4. The first-order valence-corrected chi connectivity index (χ1v) is 27.0. The molecule has 0 saturated heterocycles. The molecule has 0 aliphatic heterocycles. The van der Waals surface area contributed by atoms with Gasteiger partial charge in [0.15, 0.2) is 0 Å². The zero-order chi connectivity index (χ0) is 46.7. The average Bonchev–Trinajstić information content (AvgIpc) is 3.72. The molecule has 0 atom stereocenters.